The number of ether oxygens (including phenoxy) is 1. The van der Waals surface area contributed by atoms with Gasteiger partial charge in [0, 0.05) is 12.3 Å². The molecular weight excluding hydrogens is 287 g/mol. The maximum absolute atomic E-state index is 13.0. The van der Waals surface area contributed by atoms with Crippen LogP contribution in [-0.2, 0) is 19.1 Å². The summed E-state index contributed by atoms with van der Waals surface area (Å²) in [5, 5.41) is 0. The van der Waals surface area contributed by atoms with Gasteiger partial charge in [0.25, 0.3) is 0 Å². The number of rotatable bonds is 6. The zero-order valence-corrected chi connectivity index (χ0v) is 13.3. The average Bonchev–Trinajstić information content (AvgIpc) is 2.36. The van der Waals surface area contributed by atoms with Crippen molar-refractivity contribution in [2.45, 2.75) is 45.6 Å². The molecule has 0 saturated carbocycles. The third-order valence-corrected chi connectivity index (χ3v) is 3.15. The number of hydrogen-bond acceptors (Lipinski definition) is 4. The van der Waals surface area contributed by atoms with Gasteiger partial charge in [-0.15, -0.1) is 0 Å². The van der Waals surface area contributed by atoms with Crippen LogP contribution in [0.4, 0.5) is 4.39 Å². The van der Waals surface area contributed by atoms with Crippen LogP contribution in [-0.4, -0.2) is 23.6 Å². The first-order valence-corrected chi connectivity index (χ1v) is 7.08. The molecule has 0 aliphatic carbocycles. The van der Waals surface area contributed by atoms with Crippen LogP contribution in [0.25, 0.3) is 0 Å². The van der Waals surface area contributed by atoms with E-state index in [0.29, 0.717) is 11.8 Å². The molecule has 1 aromatic rings. The molecule has 0 amide bonds. The smallest absolute Gasteiger partial charge is 0.317 e. The van der Waals surface area contributed by atoms with Gasteiger partial charge in [-0.1, -0.05) is 12.1 Å². The van der Waals surface area contributed by atoms with Crippen molar-refractivity contribution in [1.82, 2.24) is 0 Å². The second-order valence-corrected chi connectivity index (χ2v) is 6.18. The average molecular weight is 308 g/mol. The summed E-state index contributed by atoms with van der Waals surface area (Å²) in [4.78, 5) is 35.2. The van der Waals surface area contributed by atoms with Gasteiger partial charge in [0.1, 0.15) is 29.4 Å². The van der Waals surface area contributed by atoms with Crippen molar-refractivity contribution in [1.29, 1.82) is 0 Å². The van der Waals surface area contributed by atoms with Crippen LogP contribution in [0.1, 0.15) is 45.6 Å². The number of carbonyl (C=O) groups is 3. The molecule has 0 spiro atoms. The fraction of sp³-hybridized carbons (Fsp3) is 0.471. The third kappa shape index (κ3) is 5.06. The molecule has 0 aliphatic rings. The number of hydrogen-bond donors (Lipinski definition) is 0. The Bertz CT molecular complexity index is 543. The van der Waals surface area contributed by atoms with Gasteiger partial charge in [0.15, 0.2) is 0 Å². The minimum atomic E-state index is -1.09. The molecule has 1 aromatic carbocycles. The van der Waals surface area contributed by atoms with Crippen molar-refractivity contribution in [2.75, 3.05) is 0 Å². The first-order valence-electron chi connectivity index (χ1n) is 7.08. The van der Waals surface area contributed by atoms with E-state index in [-0.39, 0.29) is 12.2 Å². The van der Waals surface area contributed by atoms with Crippen molar-refractivity contribution in [3.05, 3.63) is 35.6 Å². The highest BCUT2D eigenvalue weighted by atomic mass is 19.1. The second kappa shape index (κ2) is 7.29. The summed E-state index contributed by atoms with van der Waals surface area (Å²) in [6.45, 7) is 6.40. The molecule has 0 aliphatic heterocycles. The molecule has 0 radical (unpaired) electrons. The fourth-order valence-electron chi connectivity index (χ4n) is 2.26. The first kappa shape index (κ1) is 18.0. The Hall–Kier alpha value is -2.04. The molecule has 0 saturated heterocycles. The quantitative estimate of drug-likeness (QED) is 0.460. The van der Waals surface area contributed by atoms with Crippen LogP contribution < -0.4 is 0 Å². The summed E-state index contributed by atoms with van der Waals surface area (Å²) in [5.74, 6) is -3.23. The minimum absolute atomic E-state index is 0.0187. The number of aldehydes is 1. The molecule has 120 valence electrons. The van der Waals surface area contributed by atoms with Gasteiger partial charge in [0.2, 0.25) is 0 Å². The molecule has 0 fully saturated rings. The molecule has 0 bridgehead atoms. The van der Waals surface area contributed by atoms with E-state index in [9.17, 15) is 18.8 Å². The van der Waals surface area contributed by atoms with Gasteiger partial charge in [-0.3, -0.25) is 9.59 Å². The summed E-state index contributed by atoms with van der Waals surface area (Å²) in [5.41, 5.74) is -0.182. The Balaban J connectivity index is 3.17. The fourth-order valence-corrected chi connectivity index (χ4v) is 2.26. The molecule has 1 unspecified atom stereocenters. The molecule has 22 heavy (non-hydrogen) atoms. The lowest BCUT2D eigenvalue weighted by molar-refractivity contribution is -0.162. The molecule has 0 aromatic heterocycles. The Morgan fingerprint density at radius 1 is 1.23 bits per heavy atom. The van der Waals surface area contributed by atoms with Crippen molar-refractivity contribution < 1.29 is 23.5 Å². The maximum Gasteiger partial charge on any atom is 0.317 e. The third-order valence-electron chi connectivity index (χ3n) is 3.15. The maximum atomic E-state index is 13.0. The molecule has 4 nitrogen and oxygen atoms in total. The van der Waals surface area contributed by atoms with Crippen LogP contribution in [0.2, 0.25) is 0 Å². The molecule has 0 N–H and O–H groups in total. The van der Waals surface area contributed by atoms with E-state index in [1.54, 1.807) is 20.8 Å². The highest BCUT2D eigenvalue weighted by molar-refractivity contribution is 5.99. The largest absolute Gasteiger partial charge is 0.459 e. The van der Waals surface area contributed by atoms with Crippen molar-refractivity contribution in [2.24, 2.45) is 5.92 Å². The second-order valence-electron chi connectivity index (χ2n) is 6.18. The van der Waals surface area contributed by atoms with E-state index < -0.39 is 29.2 Å². The minimum Gasteiger partial charge on any atom is -0.459 e. The predicted octanol–water partition coefficient (Wildman–Crippen LogP) is 3.05. The van der Waals surface area contributed by atoms with E-state index in [1.807, 2.05) is 0 Å². The van der Waals surface area contributed by atoms with E-state index in [1.165, 1.54) is 31.2 Å². The van der Waals surface area contributed by atoms with Crippen LogP contribution in [0.3, 0.4) is 0 Å². The van der Waals surface area contributed by atoms with Crippen molar-refractivity contribution in [3.8, 4) is 0 Å². The van der Waals surface area contributed by atoms with Gasteiger partial charge in [-0.05, 0) is 45.4 Å². The monoisotopic (exact) mass is 308 g/mol. The summed E-state index contributed by atoms with van der Waals surface area (Å²) in [7, 11) is 0. The van der Waals surface area contributed by atoms with E-state index in [2.05, 4.69) is 0 Å². The van der Waals surface area contributed by atoms with E-state index in [4.69, 9.17) is 4.74 Å². The zero-order valence-electron chi connectivity index (χ0n) is 13.3. The van der Waals surface area contributed by atoms with Crippen LogP contribution in [0, 0.1) is 11.7 Å². The molecular formula is C17H21FO4. The highest BCUT2D eigenvalue weighted by Crippen LogP contribution is 2.30. The highest BCUT2D eigenvalue weighted by Gasteiger charge is 2.36. The zero-order chi connectivity index (χ0) is 16.9. The van der Waals surface area contributed by atoms with Gasteiger partial charge in [-0.25, -0.2) is 4.39 Å². The number of ketones is 1. The van der Waals surface area contributed by atoms with Crippen molar-refractivity contribution >= 4 is 18.0 Å². The SMILES string of the molecule is CC(=O)C(C(=O)OC(C)(C)C)[C@@H](CC=O)c1ccc(F)cc1. The first-order chi connectivity index (χ1) is 10.2. The lowest BCUT2D eigenvalue weighted by Crippen LogP contribution is -2.35. The number of benzene rings is 1. The van der Waals surface area contributed by atoms with Crippen LogP contribution >= 0.6 is 0 Å². The Morgan fingerprint density at radius 3 is 2.18 bits per heavy atom. The van der Waals surface area contributed by atoms with E-state index >= 15 is 0 Å². The Labute approximate surface area is 129 Å². The number of halogens is 1. The summed E-state index contributed by atoms with van der Waals surface area (Å²) >= 11 is 0. The summed E-state index contributed by atoms with van der Waals surface area (Å²) in [6.07, 6.45) is 0.628. The van der Waals surface area contributed by atoms with E-state index in [0.717, 1.165) is 0 Å². The standard InChI is InChI=1S/C17H21FO4/c1-11(20)15(16(21)22-17(2,3)4)14(9-10-19)12-5-7-13(18)8-6-12/h5-8,10,14-15H,9H2,1-4H3/t14-,15?/m0/s1. The van der Waals surface area contributed by atoms with Gasteiger partial charge in [0.05, 0.1) is 0 Å². The number of Topliss-reactive ketones (excluding diaryl/α,β-unsaturated/α-hetero) is 1. The Morgan fingerprint density at radius 2 is 1.77 bits per heavy atom. The van der Waals surface area contributed by atoms with Crippen LogP contribution in [0.15, 0.2) is 24.3 Å². The van der Waals surface area contributed by atoms with Crippen molar-refractivity contribution in [3.63, 3.8) is 0 Å². The molecule has 1 rings (SSSR count). The van der Waals surface area contributed by atoms with Gasteiger partial charge >= 0.3 is 5.97 Å². The van der Waals surface area contributed by atoms with Gasteiger partial charge < -0.3 is 9.53 Å². The molecule has 0 heterocycles. The predicted molar refractivity (Wildman–Crippen MR) is 79.8 cm³/mol. The molecule has 5 heteroatoms. The summed E-state index contributed by atoms with van der Waals surface area (Å²) < 4.78 is 18.3. The summed E-state index contributed by atoms with van der Waals surface area (Å²) in [6, 6.07) is 5.42. The lowest BCUT2D eigenvalue weighted by Gasteiger charge is -2.27. The molecule has 2 atom stereocenters. The number of carbonyl (C=O) groups excluding carboxylic acids is 3. The topological polar surface area (TPSA) is 60.4 Å². The van der Waals surface area contributed by atoms with Gasteiger partial charge in [-0.2, -0.15) is 0 Å². The normalized spacial score (nSPS) is 14.0. The lowest BCUT2D eigenvalue weighted by atomic mass is 9.81. The Kier molecular flexibility index (Phi) is 5.97. The van der Waals surface area contributed by atoms with Crippen LogP contribution in [0.5, 0.6) is 0 Å². The number of esters is 1.